The van der Waals surface area contributed by atoms with Crippen molar-refractivity contribution in [1.29, 1.82) is 0 Å². The first-order valence-electron chi connectivity index (χ1n) is 0.681. The van der Waals surface area contributed by atoms with Crippen molar-refractivity contribution < 1.29 is 17.6 Å². The van der Waals surface area contributed by atoms with Crippen LogP contribution in [0.4, 0.5) is 0 Å². The maximum absolute atomic E-state index is 8.90. The molecule has 5 heavy (non-hydrogen) atoms. The fourth-order valence-electron chi connectivity index (χ4n) is 0.0118. The number of hydrogen-bond donors (Lipinski definition) is 0. The van der Waals surface area contributed by atoms with Gasteiger partial charge in [-0.1, -0.05) is 0 Å². The molecule has 30 valence electrons. The van der Waals surface area contributed by atoms with Gasteiger partial charge < -0.3 is 0 Å². The van der Waals surface area contributed by atoms with Crippen molar-refractivity contribution in [1.82, 2.24) is 0 Å². The van der Waals surface area contributed by atoms with Crippen LogP contribution in [0.2, 0.25) is 0 Å². The van der Waals surface area contributed by atoms with Crippen LogP contribution in [-0.4, -0.2) is 0 Å². The molecule has 0 aliphatic rings. The Morgan fingerprint density at radius 1 is 1.20 bits per heavy atom. The standard InChI is InChI=1S/2NO.Ru/c2*1-2;/q2*-1;+2. The molecule has 0 atom stereocenters. The zero-order chi connectivity index (χ0) is 4.12. The summed E-state index contributed by atoms with van der Waals surface area (Å²) in [4.78, 5) is 17.8. The molecule has 0 aromatic heterocycles. The molecule has 0 saturated heterocycles. The van der Waals surface area contributed by atoms with Crippen molar-refractivity contribution in [2.24, 2.45) is 7.84 Å². The van der Waals surface area contributed by atoms with Crippen LogP contribution in [0, 0.1) is 9.81 Å². The monoisotopic (exact) mass is 162 g/mol. The molecule has 0 saturated carbocycles. The van der Waals surface area contributed by atoms with E-state index in [1.807, 2.05) is 0 Å². The summed E-state index contributed by atoms with van der Waals surface area (Å²) in [6.45, 7) is 0. The third-order valence-electron chi connectivity index (χ3n) is 0.0577. The Morgan fingerprint density at radius 2 is 1.60 bits per heavy atom. The predicted molar refractivity (Wildman–Crippen MR) is 11.6 cm³/mol. The van der Waals surface area contributed by atoms with Crippen LogP contribution in [0.1, 0.15) is 0 Å². The number of nitroso groups, excluding NO2 is 2. The van der Waals surface area contributed by atoms with Gasteiger partial charge in [-0.25, -0.2) is 0 Å². The summed E-state index contributed by atoms with van der Waals surface area (Å²) in [6.07, 6.45) is 0. The molecule has 4 nitrogen and oxygen atoms in total. The van der Waals surface area contributed by atoms with Gasteiger partial charge in [0.1, 0.15) is 0 Å². The van der Waals surface area contributed by atoms with Gasteiger partial charge in [0.05, 0.1) is 0 Å². The first kappa shape index (κ1) is 4.82. The molecule has 0 aliphatic carbocycles. The molecule has 0 aromatic carbocycles. The Hall–Kier alpha value is -0.177. The first-order chi connectivity index (χ1) is 2.41. The molecule has 5 heteroatoms. The molecule has 0 rings (SSSR count). The predicted octanol–water partition coefficient (Wildman–Crippen LogP) is 0.432. The van der Waals surface area contributed by atoms with Gasteiger partial charge in [-0.3, -0.25) is 0 Å². The Kier molecular flexibility index (Phi) is 3.69. The van der Waals surface area contributed by atoms with Crippen LogP contribution in [0.5, 0.6) is 0 Å². The summed E-state index contributed by atoms with van der Waals surface area (Å²) in [6, 6.07) is 0. The van der Waals surface area contributed by atoms with Gasteiger partial charge in [0.15, 0.2) is 0 Å². The fourth-order valence-corrected chi connectivity index (χ4v) is 0.0697. The van der Waals surface area contributed by atoms with E-state index in [1.54, 1.807) is 0 Å². The Labute approximate surface area is 36.0 Å². The minimum absolute atomic E-state index is 1.09. The Bertz CT molecular complexity index is 36.9. The zero-order valence-electron chi connectivity index (χ0n) is 2.06. The summed E-state index contributed by atoms with van der Waals surface area (Å²) >= 11 is -1.09. The van der Waals surface area contributed by atoms with Gasteiger partial charge in [-0.05, 0) is 0 Å². The van der Waals surface area contributed by atoms with E-state index < -0.39 is 17.6 Å². The molecule has 0 unspecified atom stereocenters. The third kappa shape index (κ3) is 3.82. The average Bonchev–Trinajstić information content (AvgIpc) is 1.41. The van der Waals surface area contributed by atoms with Crippen LogP contribution in [0.25, 0.3) is 0 Å². The fraction of sp³-hybridized carbons (Fsp3) is 0. The number of nitrogens with zero attached hydrogens (tertiary/aromatic N) is 2. The number of rotatable bonds is 2. The van der Waals surface area contributed by atoms with Crippen LogP contribution in [0.15, 0.2) is 7.84 Å². The van der Waals surface area contributed by atoms with Gasteiger partial charge in [-0.2, -0.15) is 0 Å². The van der Waals surface area contributed by atoms with E-state index in [2.05, 4.69) is 7.84 Å². The first-order valence-corrected chi connectivity index (χ1v) is 2.24. The summed E-state index contributed by atoms with van der Waals surface area (Å²) in [5, 5.41) is 0. The molecule has 0 bridgehead atoms. The van der Waals surface area contributed by atoms with Gasteiger partial charge in [0.2, 0.25) is 0 Å². The molecule has 0 N–H and O–H groups in total. The molecule has 0 heterocycles. The molecule has 0 fully saturated rings. The van der Waals surface area contributed by atoms with Gasteiger partial charge in [-0.15, -0.1) is 0 Å². The van der Waals surface area contributed by atoms with E-state index in [0.717, 1.165) is 0 Å². The molecule has 0 radical (unpaired) electrons. The molecule has 0 amide bonds. The minimum atomic E-state index is -1.09. The quantitative estimate of drug-likeness (QED) is 0.435. The summed E-state index contributed by atoms with van der Waals surface area (Å²) in [5.41, 5.74) is 0. The Balaban J connectivity index is 2.65. The van der Waals surface area contributed by atoms with Crippen LogP contribution >= 0.6 is 0 Å². The summed E-state index contributed by atoms with van der Waals surface area (Å²) in [5.74, 6) is 0. The van der Waals surface area contributed by atoms with Crippen molar-refractivity contribution >= 4 is 0 Å². The second-order valence-electron chi connectivity index (χ2n) is 0.200. The van der Waals surface area contributed by atoms with E-state index >= 15 is 0 Å². The van der Waals surface area contributed by atoms with E-state index in [9.17, 15) is 0 Å². The van der Waals surface area contributed by atoms with Crippen molar-refractivity contribution in [3.63, 3.8) is 0 Å². The third-order valence-corrected chi connectivity index (χ3v) is 0.342. The summed E-state index contributed by atoms with van der Waals surface area (Å²) in [7, 11) is 0. The SMILES string of the molecule is O=[N][Ru][N]=O. The second kappa shape index (κ2) is 3.82. The van der Waals surface area contributed by atoms with Crippen molar-refractivity contribution in [3.05, 3.63) is 9.81 Å². The van der Waals surface area contributed by atoms with E-state index in [1.165, 1.54) is 0 Å². The van der Waals surface area contributed by atoms with Gasteiger partial charge in [0.25, 0.3) is 0 Å². The van der Waals surface area contributed by atoms with Crippen molar-refractivity contribution in [3.8, 4) is 0 Å². The topological polar surface area (TPSA) is 58.9 Å². The molecule has 0 aromatic rings. The maximum atomic E-state index is 8.90. The normalized spacial score (nSPS) is 7.20. The van der Waals surface area contributed by atoms with Crippen LogP contribution < -0.4 is 0 Å². The summed E-state index contributed by atoms with van der Waals surface area (Å²) < 4.78 is 4.43. The molecule has 0 spiro atoms. The Morgan fingerprint density at radius 3 is 1.60 bits per heavy atom. The zero-order valence-corrected chi connectivity index (χ0v) is 3.80. The second-order valence-corrected chi connectivity index (χ2v) is 1.18. The van der Waals surface area contributed by atoms with E-state index in [0.29, 0.717) is 0 Å². The van der Waals surface area contributed by atoms with Crippen molar-refractivity contribution in [2.75, 3.05) is 0 Å². The van der Waals surface area contributed by atoms with Crippen LogP contribution in [0.3, 0.4) is 0 Å². The molecule has 0 aliphatic heterocycles. The van der Waals surface area contributed by atoms with Crippen molar-refractivity contribution in [2.45, 2.75) is 0 Å². The van der Waals surface area contributed by atoms with E-state index in [-0.39, 0.29) is 0 Å². The van der Waals surface area contributed by atoms with E-state index in [4.69, 9.17) is 9.81 Å². The number of hydrogen-bond acceptors (Lipinski definition) is 4. The molecular weight excluding hydrogens is 161 g/mol. The molecular formula is N2O2Ru. The average molecular weight is 161 g/mol. The van der Waals surface area contributed by atoms with Crippen LogP contribution in [-0.2, 0) is 17.6 Å². The van der Waals surface area contributed by atoms with Gasteiger partial charge in [0, 0.05) is 0 Å². The van der Waals surface area contributed by atoms with Gasteiger partial charge >= 0.3 is 35.3 Å².